The van der Waals surface area contributed by atoms with Gasteiger partial charge in [-0.1, -0.05) is 6.07 Å². The highest BCUT2D eigenvalue weighted by Gasteiger charge is 2.11. The van der Waals surface area contributed by atoms with Gasteiger partial charge in [-0.2, -0.15) is 0 Å². The molecule has 0 N–H and O–H groups in total. The Morgan fingerprint density at radius 1 is 1.31 bits per heavy atom. The van der Waals surface area contributed by atoms with Crippen molar-refractivity contribution in [2.24, 2.45) is 0 Å². The normalized spacial score (nSPS) is 10.1. The fourth-order valence-corrected chi connectivity index (χ4v) is 1.50. The highest BCUT2D eigenvalue weighted by molar-refractivity contribution is 5.88. The minimum atomic E-state index is -0.450. The van der Waals surface area contributed by atoms with E-state index in [0.29, 0.717) is 11.4 Å². The van der Waals surface area contributed by atoms with Crippen LogP contribution < -0.4 is 0 Å². The Bertz CT molecular complexity index is 519. The van der Waals surface area contributed by atoms with Gasteiger partial charge < -0.3 is 9.30 Å². The number of ether oxygens (including phenoxy) is 1. The van der Waals surface area contributed by atoms with E-state index in [4.69, 9.17) is 0 Å². The molecule has 0 saturated carbocycles. The number of carbonyl (C=O) groups excluding carboxylic acids is 1. The van der Waals surface area contributed by atoms with Crippen molar-refractivity contribution < 1.29 is 13.9 Å². The molecule has 1 aromatic carbocycles. The van der Waals surface area contributed by atoms with Gasteiger partial charge in [0.2, 0.25) is 0 Å². The molecule has 0 unspecified atom stereocenters. The van der Waals surface area contributed by atoms with Crippen molar-refractivity contribution in [3.05, 3.63) is 54.1 Å². The van der Waals surface area contributed by atoms with Crippen LogP contribution in [0, 0.1) is 5.82 Å². The molecule has 2 aromatic rings. The minimum Gasteiger partial charge on any atom is -0.464 e. The molecule has 4 heteroatoms. The van der Waals surface area contributed by atoms with Crippen LogP contribution in [0.3, 0.4) is 0 Å². The van der Waals surface area contributed by atoms with Crippen molar-refractivity contribution in [2.45, 2.75) is 0 Å². The number of aromatic nitrogens is 1. The third kappa shape index (κ3) is 1.82. The smallest absolute Gasteiger partial charge is 0.355 e. The van der Waals surface area contributed by atoms with Gasteiger partial charge in [-0.15, -0.1) is 0 Å². The third-order valence-corrected chi connectivity index (χ3v) is 2.23. The number of hydrogen-bond acceptors (Lipinski definition) is 2. The van der Waals surface area contributed by atoms with E-state index in [1.165, 1.54) is 19.2 Å². The lowest BCUT2D eigenvalue weighted by Crippen LogP contribution is -2.08. The molecule has 0 atom stereocenters. The average Bonchev–Trinajstić information content (AvgIpc) is 2.77. The Kier molecular flexibility index (Phi) is 2.72. The molecule has 0 spiro atoms. The van der Waals surface area contributed by atoms with E-state index in [0.717, 1.165) is 0 Å². The predicted molar refractivity (Wildman–Crippen MR) is 57.1 cm³/mol. The van der Waals surface area contributed by atoms with Gasteiger partial charge in [0.1, 0.15) is 11.5 Å². The van der Waals surface area contributed by atoms with Crippen molar-refractivity contribution >= 4 is 5.97 Å². The number of rotatable bonds is 2. The van der Waals surface area contributed by atoms with Crippen molar-refractivity contribution in [1.29, 1.82) is 0 Å². The number of benzene rings is 1. The Morgan fingerprint density at radius 2 is 2.12 bits per heavy atom. The summed E-state index contributed by atoms with van der Waals surface area (Å²) in [7, 11) is 1.31. The van der Waals surface area contributed by atoms with Crippen LogP contribution >= 0.6 is 0 Å². The summed E-state index contributed by atoms with van der Waals surface area (Å²) < 4.78 is 19.3. The maximum atomic E-state index is 13.0. The fraction of sp³-hybridized carbons (Fsp3) is 0.0833. The molecule has 0 bridgehead atoms. The van der Waals surface area contributed by atoms with Gasteiger partial charge in [-0.25, -0.2) is 9.18 Å². The second kappa shape index (κ2) is 4.18. The molecular weight excluding hydrogens is 209 g/mol. The predicted octanol–water partition coefficient (Wildman–Crippen LogP) is 2.40. The number of halogens is 1. The van der Waals surface area contributed by atoms with Crippen molar-refractivity contribution in [3.63, 3.8) is 0 Å². The van der Waals surface area contributed by atoms with Gasteiger partial charge in [0, 0.05) is 11.9 Å². The van der Waals surface area contributed by atoms with Crippen LogP contribution in [0.25, 0.3) is 5.69 Å². The molecule has 0 fully saturated rings. The summed E-state index contributed by atoms with van der Waals surface area (Å²) in [4.78, 5) is 11.4. The molecule has 0 radical (unpaired) electrons. The molecule has 1 aromatic heterocycles. The molecule has 0 aliphatic heterocycles. The Labute approximate surface area is 92.1 Å². The average molecular weight is 219 g/mol. The Morgan fingerprint density at radius 3 is 2.81 bits per heavy atom. The fourth-order valence-electron chi connectivity index (χ4n) is 1.50. The first-order valence-corrected chi connectivity index (χ1v) is 4.74. The highest BCUT2D eigenvalue weighted by atomic mass is 19.1. The van der Waals surface area contributed by atoms with Gasteiger partial charge >= 0.3 is 5.97 Å². The number of nitrogens with zero attached hydrogens (tertiary/aromatic N) is 1. The monoisotopic (exact) mass is 219 g/mol. The highest BCUT2D eigenvalue weighted by Crippen LogP contribution is 2.14. The van der Waals surface area contributed by atoms with Crippen LogP contribution in [-0.2, 0) is 4.74 Å². The summed E-state index contributed by atoms with van der Waals surface area (Å²) >= 11 is 0. The largest absolute Gasteiger partial charge is 0.464 e. The van der Waals surface area contributed by atoms with E-state index >= 15 is 0 Å². The lowest BCUT2D eigenvalue weighted by molar-refractivity contribution is 0.0591. The first kappa shape index (κ1) is 10.4. The Hall–Kier alpha value is -2.10. The minimum absolute atomic E-state index is 0.345. The molecule has 3 nitrogen and oxygen atoms in total. The number of carbonyl (C=O) groups is 1. The van der Waals surface area contributed by atoms with E-state index in [2.05, 4.69) is 4.74 Å². The maximum absolute atomic E-state index is 13.0. The van der Waals surface area contributed by atoms with Crippen molar-refractivity contribution in [3.8, 4) is 5.69 Å². The van der Waals surface area contributed by atoms with E-state index in [9.17, 15) is 9.18 Å². The number of hydrogen-bond donors (Lipinski definition) is 0. The quantitative estimate of drug-likeness (QED) is 0.726. The summed E-state index contributed by atoms with van der Waals surface area (Å²) in [5.41, 5.74) is 0.957. The lowest BCUT2D eigenvalue weighted by atomic mass is 10.3. The molecule has 2 rings (SSSR count). The van der Waals surface area contributed by atoms with E-state index in [1.54, 1.807) is 35.0 Å². The first-order valence-electron chi connectivity index (χ1n) is 4.74. The van der Waals surface area contributed by atoms with E-state index in [-0.39, 0.29) is 5.82 Å². The number of esters is 1. The molecule has 0 aliphatic carbocycles. The Balaban J connectivity index is 2.48. The topological polar surface area (TPSA) is 31.2 Å². The van der Waals surface area contributed by atoms with Gasteiger partial charge in [0.25, 0.3) is 0 Å². The SMILES string of the molecule is COC(=O)c1cccn1-c1cccc(F)c1. The summed E-state index contributed by atoms with van der Waals surface area (Å²) in [6.07, 6.45) is 1.68. The first-order chi connectivity index (χ1) is 7.72. The molecule has 16 heavy (non-hydrogen) atoms. The molecule has 0 saturated heterocycles. The summed E-state index contributed by atoms with van der Waals surface area (Å²) in [5, 5.41) is 0. The van der Waals surface area contributed by atoms with Gasteiger partial charge in [-0.05, 0) is 30.3 Å². The van der Waals surface area contributed by atoms with Crippen LogP contribution in [-0.4, -0.2) is 17.6 Å². The number of methoxy groups -OCH3 is 1. The second-order valence-corrected chi connectivity index (χ2v) is 3.23. The summed E-state index contributed by atoms with van der Waals surface area (Å²) in [6.45, 7) is 0. The molecule has 0 amide bonds. The van der Waals surface area contributed by atoms with Crippen molar-refractivity contribution in [1.82, 2.24) is 4.57 Å². The van der Waals surface area contributed by atoms with E-state index < -0.39 is 5.97 Å². The van der Waals surface area contributed by atoms with Crippen LogP contribution in [0.2, 0.25) is 0 Å². The zero-order valence-electron chi connectivity index (χ0n) is 8.68. The summed E-state index contributed by atoms with van der Waals surface area (Å²) in [5.74, 6) is -0.795. The van der Waals surface area contributed by atoms with Gasteiger partial charge in [-0.3, -0.25) is 0 Å². The van der Waals surface area contributed by atoms with Crippen LogP contribution in [0.4, 0.5) is 4.39 Å². The second-order valence-electron chi connectivity index (χ2n) is 3.23. The van der Waals surface area contributed by atoms with Crippen LogP contribution in [0.5, 0.6) is 0 Å². The van der Waals surface area contributed by atoms with Crippen molar-refractivity contribution in [2.75, 3.05) is 7.11 Å². The van der Waals surface area contributed by atoms with Crippen LogP contribution in [0.1, 0.15) is 10.5 Å². The molecule has 82 valence electrons. The summed E-state index contributed by atoms with van der Waals surface area (Å²) in [6, 6.07) is 9.34. The van der Waals surface area contributed by atoms with Gasteiger partial charge in [0.05, 0.1) is 7.11 Å². The zero-order chi connectivity index (χ0) is 11.5. The maximum Gasteiger partial charge on any atom is 0.355 e. The standard InChI is InChI=1S/C12H10FNO2/c1-16-12(15)11-6-3-7-14(11)10-5-2-4-9(13)8-10/h2-8H,1H3. The third-order valence-electron chi connectivity index (χ3n) is 2.23. The zero-order valence-corrected chi connectivity index (χ0v) is 8.68. The van der Waals surface area contributed by atoms with E-state index in [1.807, 2.05) is 0 Å². The molecule has 1 heterocycles. The molecular formula is C12H10FNO2. The van der Waals surface area contributed by atoms with Gasteiger partial charge in [0.15, 0.2) is 0 Å². The van der Waals surface area contributed by atoms with Crippen LogP contribution in [0.15, 0.2) is 42.6 Å². The molecule has 0 aliphatic rings. The lowest BCUT2D eigenvalue weighted by Gasteiger charge is -2.07.